The van der Waals surface area contributed by atoms with E-state index in [9.17, 15) is 14.7 Å². The first-order valence-corrected chi connectivity index (χ1v) is 8.86. The first-order valence-electron chi connectivity index (χ1n) is 8.86. The SMILES string of the molecule is NC1=NC(OCc2ccc(CNC(=O)c3ccc(N)cc3C(=O)O)cc2)N=CC1. The molecule has 0 spiro atoms. The van der Waals surface area contributed by atoms with E-state index in [0.717, 1.165) is 11.1 Å². The summed E-state index contributed by atoms with van der Waals surface area (Å²) in [5.41, 5.74) is 13.2. The number of anilines is 1. The van der Waals surface area contributed by atoms with Crippen LogP contribution in [-0.2, 0) is 17.9 Å². The molecule has 29 heavy (non-hydrogen) atoms. The molecule has 0 fully saturated rings. The maximum absolute atomic E-state index is 12.4. The fourth-order valence-electron chi connectivity index (χ4n) is 2.68. The minimum absolute atomic E-state index is 0.0598. The number of benzene rings is 2. The zero-order valence-corrected chi connectivity index (χ0v) is 15.5. The molecule has 6 N–H and O–H groups in total. The Morgan fingerprint density at radius 3 is 2.52 bits per heavy atom. The third kappa shape index (κ3) is 5.39. The number of nitrogen functional groups attached to an aromatic ring is 1. The summed E-state index contributed by atoms with van der Waals surface area (Å²) < 4.78 is 5.58. The minimum atomic E-state index is -1.21. The molecular weight excluding hydrogens is 374 g/mol. The van der Waals surface area contributed by atoms with Crippen molar-refractivity contribution in [3.05, 3.63) is 64.7 Å². The zero-order valence-electron chi connectivity index (χ0n) is 15.5. The molecule has 1 aliphatic rings. The molecule has 0 radical (unpaired) electrons. The average molecular weight is 395 g/mol. The number of carboxylic acid groups (broad SMARTS) is 1. The van der Waals surface area contributed by atoms with Crippen molar-refractivity contribution in [1.29, 1.82) is 0 Å². The Kier molecular flexibility index (Phi) is 6.20. The lowest BCUT2D eigenvalue weighted by Crippen LogP contribution is -2.25. The average Bonchev–Trinajstić information content (AvgIpc) is 2.71. The van der Waals surface area contributed by atoms with Crippen molar-refractivity contribution >= 4 is 29.6 Å². The monoisotopic (exact) mass is 395 g/mol. The molecule has 1 aliphatic heterocycles. The third-order valence-corrected chi connectivity index (χ3v) is 4.20. The Balaban J connectivity index is 1.55. The van der Waals surface area contributed by atoms with Gasteiger partial charge in [0.1, 0.15) is 5.84 Å². The number of ether oxygens (including phenoxy) is 1. The molecule has 150 valence electrons. The van der Waals surface area contributed by atoms with Gasteiger partial charge in [0.25, 0.3) is 5.91 Å². The van der Waals surface area contributed by atoms with E-state index in [4.69, 9.17) is 16.2 Å². The predicted octanol–water partition coefficient (Wildman–Crippen LogP) is 1.53. The maximum Gasteiger partial charge on any atom is 0.336 e. The number of aliphatic imine (C=N–C) groups is 2. The van der Waals surface area contributed by atoms with Crippen LogP contribution in [0.1, 0.15) is 38.3 Å². The highest BCUT2D eigenvalue weighted by molar-refractivity contribution is 6.05. The smallest absolute Gasteiger partial charge is 0.336 e. The van der Waals surface area contributed by atoms with Crippen LogP contribution in [0.2, 0.25) is 0 Å². The van der Waals surface area contributed by atoms with Gasteiger partial charge in [-0.2, -0.15) is 0 Å². The number of amides is 1. The number of carbonyl (C=O) groups excluding carboxylic acids is 1. The fraction of sp³-hybridized carbons (Fsp3) is 0.200. The number of hydrogen-bond donors (Lipinski definition) is 4. The van der Waals surface area contributed by atoms with Crippen molar-refractivity contribution in [3.63, 3.8) is 0 Å². The summed E-state index contributed by atoms with van der Waals surface area (Å²) in [5.74, 6) is -1.20. The normalized spacial score (nSPS) is 15.6. The van der Waals surface area contributed by atoms with Crippen molar-refractivity contribution in [2.45, 2.75) is 25.9 Å². The summed E-state index contributed by atoms with van der Waals surface area (Å²) in [4.78, 5) is 31.9. The van der Waals surface area contributed by atoms with Gasteiger partial charge < -0.3 is 26.6 Å². The molecule has 9 heteroatoms. The van der Waals surface area contributed by atoms with Crippen molar-refractivity contribution in [1.82, 2.24) is 5.32 Å². The predicted molar refractivity (Wildman–Crippen MR) is 109 cm³/mol. The highest BCUT2D eigenvalue weighted by atomic mass is 16.5. The number of rotatable bonds is 7. The second-order valence-electron chi connectivity index (χ2n) is 6.40. The van der Waals surface area contributed by atoms with E-state index < -0.39 is 18.2 Å². The number of nitrogens with one attached hydrogen (secondary N) is 1. The summed E-state index contributed by atoms with van der Waals surface area (Å²) in [6.07, 6.45) is 1.59. The quantitative estimate of drug-likeness (QED) is 0.522. The summed E-state index contributed by atoms with van der Waals surface area (Å²) in [6.45, 7) is 0.565. The summed E-state index contributed by atoms with van der Waals surface area (Å²) >= 11 is 0. The molecule has 3 rings (SSSR count). The molecule has 0 bridgehead atoms. The Labute approximate surface area is 167 Å². The van der Waals surface area contributed by atoms with E-state index in [1.807, 2.05) is 24.3 Å². The Morgan fingerprint density at radius 2 is 1.83 bits per heavy atom. The Hall–Kier alpha value is -3.72. The minimum Gasteiger partial charge on any atom is -0.478 e. The Bertz CT molecular complexity index is 969. The second-order valence-corrected chi connectivity index (χ2v) is 6.40. The topological polar surface area (TPSA) is 152 Å². The molecule has 1 amide bonds. The van der Waals surface area contributed by atoms with Gasteiger partial charge in [0.05, 0.1) is 17.7 Å². The van der Waals surface area contributed by atoms with Gasteiger partial charge in [0.15, 0.2) is 0 Å². The van der Waals surface area contributed by atoms with Crippen LogP contribution in [0.3, 0.4) is 0 Å². The first-order chi connectivity index (χ1) is 13.9. The molecule has 0 saturated heterocycles. The number of amidine groups is 1. The summed E-state index contributed by atoms with van der Waals surface area (Å²) in [5, 5.41) is 12.0. The number of carbonyl (C=O) groups is 2. The molecule has 0 aromatic heterocycles. The Morgan fingerprint density at radius 1 is 1.10 bits per heavy atom. The maximum atomic E-state index is 12.4. The van der Waals surface area contributed by atoms with Crippen LogP contribution in [0.15, 0.2) is 52.4 Å². The molecule has 1 unspecified atom stereocenters. The van der Waals surface area contributed by atoms with Crippen LogP contribution < -0.4 is 16.8 Å². The van der Waals surface area contributed by atoms with Gasteiger partial charge in [-0.05, 0) is 29.3 Å². The highest BCUT2D eigenvalue weighted by Gasteiger charge is 2.16. The van der Waals surface area contributed by atoms with Gasteiger partial charge in [0.2, 0.25) is 6.35 Å². The van der Waals surface area contributed by atoms with Crippen LogP contribution in [0.5, 0.6) is 0 Å². The van der Waals surface area contributed by atoms with Gasteiger partial charge in [-0.3, -0.25) is 4.79 Å². The van der Waals surface area contributed by atoms with Crippen molar-refractivity contribution in [2.75, 3.05) is 5.73 Å². The molecule has 1 atom stereocenters. The zero-order chi connectivity index (χ0) is 20.8. The van der Waals surface area contributed by atoms with E-state index in [2.05, 4.69) is 15.3 Å². The lowest BCUT2D eigenvalue weighted by molar-refractivity contribution is 0.0523. The van der Waals surface area contributed by atoms with Crippen LogP contribution >= 0.6 is 0 Å². The van der Waals surface area contributed by atoms with Crippen LogP contribution in [0, 0.1) is 0 Å². The molecule has 9 nitrogen and oxygen atoms in total. The van der Waals surface area contributed by atoms with E-state index in [-0.39, 0.29) is 23.4 Å². The van der Waals surface area contributed by atoms with Crippen molar-refractivity contribution in [3.8, 4) is 0 Å². The van der Waals surface area contributed by atoms with E-state index in [0.29, 0.717) is 18.9 Å². The molecule has 2 aromatic rings. The van der Waals surface area contributed by atoms with E-state index in [1.54, 1.807) is 6.21 Å². The van der Waals surface area contributed by atoms with Crippen LogP contribution in [0.4, 0.5) is 5.69 Å². The van der Waals surface area contributed by atoms with Crippen LogP contribution in [0.25, 0.3) is 0 Å². The van der Waals surface area contributed by atoms with Gasteiger partial charge in [-0.15, -0.1) is 0 Å². The standard InChI is InChI=1S/C20H21N5O4/c21-14-5-6-15(16(9-14)19(27)28)18(26)24-10-12-1-3-13(4-2-12)11-29-20-23-8-7-17(22)25-20/h1-6,8-9,20H,7,10-11,21H2,(H2,22,25)(H,24,26)(H,27,28). The lowest BCUT2D eigenvalue weighted by atomic mass is 10.1. The number of aromatic carboxylic acids is 1. The molecule has 2 aromatic carbocycles. The molecule has 1 heterocycles. The molecule has 0 aliphatic carbocycles. The van der Waals surface area contributed by atoms with E-state index in [1.165, 1.54) is 18.2 Å². The highest BCUT2D eigenvalue weighted by Crippen LogP contribution is 2.15. The fourth-order valence-corrected chi connectivity index (χ4v) is 2.68. The summed E-state index contributed by atoms with van der Waals surface area (Å²) in [7, 11) is 0. The number of nitrogens with zero attached hydrogens (tertiary/aromatic N) is 2. The first kappa shape index (κ1) is 20.0. The molecular formula is C20H21N5O4. The second kappa shape index (κ2) is 8.98. The number of carboxylic acids is 1. The van der Waals surface area contributed by atoms with Gasteiger partial charge in [0, 0.05) is 24.9 Å². The van der Waals surface area contributed by atoms with Gasteiger partial charge >= 0.3 is 5.97 Å². The largest absolute Gasteiger partial charge is 0.478 e. The van der Waals surface area contributed by atoms with E-state index >= 15 is 0 Å². The number of hydrogen-bond acceptors (Lipinski definition) is 7. The van der Waals surface area contributed by atoms with Crippen molar-refractivity contribution < 1.29 is 19.4 Å². The van der Waals surface area contributed by atoms with Gasteiger partial charge in [-0.25, -0.2) is 14.8 Å². The third-order valence-electron chi connectivity index (χ3n) is 4.20. The lowest BCUT2D eigenvalue weighted by Gasteiger charge is -2.14. The van der Waals surface area contributed by atoms with Gasteiger partial charge in [-0.1, -0.05) is 24.3 Å². The van der Waals surface area contributed by atoms with Crippen molar-refractivity contribution in [2.24, 2.45) is 15.7 Å². The number of nitrogens with two attached hydrogens (primary N) is 2. The summed E-state index contributed by atoms with van der Waals surface area (Å²) in [6, 6.07) is 11.6. The molecule has 0 saturated carbocycles. The van der Waals surface area contributed by atoms with Crippen LogP contribution in [-0.4, -0.2) is 35.4 Å².